The number of rotatable bonds is 6. The third kappa shape index (κ3) is 4.82. The zero-order chi connectivity index (χ0) is 25.4. The minimum atomic E-state index is -0.356. The number of piperazine rings is 1. The lowest BCUT2D eigenvalue weighted by molar-refractivity contribution is 0.0949. The number of nitrogens with one attached hydrogen (secondary N) is 1. The lowest BCUT2D eigenvalue weighted by atomic mass is 10.1. The van der Waals surface area contributed by atoms with Crippen molar-refractivity contribution in [2.24, 2.45) is 0 Å². The average Bonchev–Trinajstić information content (AvgIpc) is 2.86. The Balaban J connectivity index is 1.17. The van der Waals surface area contributed by atoms with Crippen LogP contribution in [0.1, 0.15) is 34.8 Å². The van der Waals surface area contributed by atoms with Gasteiger partial charge in [-0.1, -0.05) is 23.7 Å². The quantitative estimate of drug-likeness (QED) is 0.510. The standard InChI is InChI=1S/C28H33ClN4O3/c1-18-5-6-19(2)23(15-18)32-13-11-31(12-14-32)10-4-9-30-28(35)21-17-33-16-20(3)36-24-8-7-22(29)25(26(24)33)27(21)34/h5-8,15,17,20H,4,9-14,16H2,1-3H3,(H,30,35)/t20-/m0/s1. The van der Waals surface area contributed by atoms with Crippen LogP contribution in [-0.2, 0) is 6.54 Å². The molecule has 0 bridgehead atoms. The number of aryl methyl sites for hydroxylation is 2. The van der Waals surface area contributed by atoms with Crippen molar-refractivity contribution in [3.8, 4) is 5.75 Å². The van der Waals surface area contributed by atoms with Crippen LogP contribution in [0.5, 0.6) is 5.75 Å². The molecule has 7 nitrogen and oxygen atoms in total. The van der Waals surface area contributed by atoms with Crippen molar-refractivity contribution in [2.75, 3.05) is 44.2 Å². The highest BCUT2D eigenvalue weighted by atomic mass is 35.5. The molecule has 5 rings (SSSR count). The van der Waals surface area contributed by atoms with E-state index in [4.69, 9.17) is 16.3 Å². The van der Waals surface area contributed by atoms with Crippen molar-refractivity contribution in [3.63, 3.8) is 0 Å². The van der Waals surface area contributed by atoms with Crippen molar-refractivity contribution >= 4 is 34.1 Å². The Morgan fingerprint density at radius 1 is 1.14 bits per heavy atom. The van der Waals surface area contributed by atoms with Crippen LogP contribution < -0.4 is 20.4 Å². The Kier molecular flexibility index (Phi) is 6.95. The summed E-state index contributed by atoms with van der Waals surface area (Å²) in [6.07, 6.45) is 2.41. The van der Waals surface area contributed by atoms with Gasteiger partial charge < -0.3 is 19.5 Å². The Hall–Kier alpha value is -3.03. The summed E-state index contributed by atoms with van der Waals surface area (Å²) in [5.41, 5.74) is 4.35. The van der Waals surface area contributed by atoms with E-state index in [-0.39, 0.29) is 23.0 Å². The summed E-state index contributed by atoms with van der Waals surface area (Å²) in [5, 5.41) is 3.62. The van der Waals surface area contributed by atoms with Crippen LogP contribution in [0.2, 0.25) is 5.02 Å². The van der Waals surface area contributed by atoms with Gasteiger partial charge in [0.1, 0.15) is 17.4 Å². The van der Waals surface area contributed by atoms with Gasteiger partial charge in [0.15, 0.2) is 0 Å². The van der Waals surface area contributed by atoms with Gasteiger partial charge in [0.2, 0.25) is 5.43 Å². The first kappa shape index (κ1) is 24.7. The highest BCUT2D eigenvalue weighted by Gasteiger charge is 2.25. The van der Waals surface area contributed by atoms with Gasteiger partial charge in [0.25, 0.3) is 5.91 Å². The fourth-order valence-electron chi connectivity index (χ4n) is 5.27. The van der Waals surface area contributed by atoms with Gasteiger partial charge in [-0.05, 0) is 63.1 Å². The topological polar surface area (TPSA) is 66.8 Å². The molecule has 1 atom stereocenters. The summed E-state index contributed by atoms with van der Waals surface area (Å²) in [6.45, 7) is 12.2. The molecule has 3 heterocycles. The average molecular weight is 509 g/mol. The van der Waals surface area contributed by atoms with Gasteiger partial charge in [-0.15, -0.1) is 0 Å². The van der Waals surface area contributed by atoms with Gasteiger partial charge in [0, 0.05) is 44.6 Å². The Morgan fingerprint density at radius 2 is 1.92 bits per heavy atom. The van der Waals surface area contributed by atoms with Gasteiger partial charge in [-0.3, -0.25) is 14.5 Å². The molecule has 1 aromatic heterocycles. The van der Waals surface area contributed by atoms with E-state index in [1.807, 2.05) is 11.5 Å². The number of benzene rings is 2. The van der Waals surface area contributed by atoms with E-state index in [1.165, 1.54) is 16.8 Å². The summed E-state index contributed by atoms with van der Waals surface area (Å²) in [5.74, 6) is 0.265. The Bertz CT molecular complexity index is 1360. The van der Waals surface area contributed by atoms with E-state index >= 15 is 0 Å². The second kappa shape index (κ2) is 10.1. The summed E-state index contributed by atoms with van der Waals surface area (Å²) in [7, 11) is 0. The molecule has 2 aromatic carbocycles. The number of ether oxygens (including phenoxy) is 1. The van der Waals surface area contributed by atoms with Crippen LogP contribution in [0, 0.1) is 13.8 Å². The number of hydrogen-bond donors (Lipinski definition) is 1. The summed E-state index contributed by atoms with van der Waals surface area (Å²) < 4.78 is 7.78. The van der Waals surface area contributed by atoms with Crippen LogP contribution in [0.25, 0.3) is 10.9 Å². The van der Waals surface area contributed by atoms with Crippen LogP contribution in [-0.4, -0.2) is 60.7 Å². The maximum absolute atomic E-state index is 13.2. The van der Waals surface area contributed by atoms with E-state index in [1.54, 1.807) is 18.3 Å². The summed E-state index contributed by atoms with van der Waals surface area (Å²) >= 11 is 6.37. The molecule has 190 valence electrons. The molecule has 36 heavy (non-hydrogen) atoms. The molecule has 2 aliphatic heterocycles. The molecule has 0 saturated carbocycles. The highest BCUT2D eigenvalue weighted by molar-refractivity contribution is 6.35. The molecule has 8 heteroatoms. The molecular weight excluding hydrogens is 476 g/mol. The molecule has 0 aliphatic carbocycles. The molecule has 0 unspecified atom stereocenters. The molecular formula is C28H33ClN4O3. The first-order valence-corrected chi connectivity index (χ1v) is 13.0. The van der Waals surface area contributed by atoms with Crippen molar-refractivity contribution < 1.29 is 9.53 Å². The fraction of sp³-hybridized carbons (Fsp3) is 0.429. The van der Waals surface area contributed by atoms with E-state index in [9.17, 15) is 9.59 Å². The van der Waals surface area contributed by atoms with Gasteiger partial charge in [-0.2, -0.15) is 0 Å². The van der Waals surface area contributed by atoms with E-state index < -0.39 is 0 Å². The first-order chi connectivity index (χ1) is 17.3. The number of carbonyl (C=O) groups excluding carboxylic acids is 1. The zero-order valence-electron chi connectivity index (χ0n) is 21.1. The van der Waals surface area contributed by atoms with E-state index in [0.29, 0.717) is 34.8 Å². The van der Waals surface area contributed by atoms with E-state index in [2.05, 4.69) is 47.2 Å². The van der Waals surface area contributed by atoms with Crippen LogP contribution in [0.4, 0.5) is 5.69 Å². The number of aromatic nitrogens is 1. The lowest BCUT2D eigenvalue weighted by Crippen LogP contribution is -2.47. The number of anilines is 1. The second-order valence-electron chi connectivity index (χ2n) is 9.95. The summed E-state index contributed by atoms with van der Waals surface area (Å²) in [4.78, 5) is 31.0. The largest absolute Gasteiger partial charge is 0.487 e. The highest BCUT2D eigenvalue weighted by Crippen LogP contribution is 2.33. The normalized spacial score (nSPS) is 17.8. The predicted octanol–water partition coefficient (Wildman–Crippen LogP) is 3.99. The lowest BCUT2D eigenvalue weighted by Gasteiger charge is -2.37. The monoisotopic (exact) mass is 508 g/mol. The van der Waals surface area contributed by atoms with Crippen LogP contribution >= 0.6 is 11.6 Å². The van der Waals surface area contributed by atoms with Gasteiger partial charge in [-0.25, -0.2) is 0 Å². The number of halogens is 1. The van der Waals surface area contributed by atoms with Crippen LogP contribution in [0.15, 0.2) is 41.3 Å². The van der Waals surface area contributed by atoms with Crippen molar-refractivity contribution in [3.05, 3.63) is 68.5 Å². The summed E-state index contributed by atoms with van der Waals surface area (Å²) in [6, 6.07) is 10.1. The minimum absolute atomic E-state index is 0.0596. The number of amides is 1. The SMILES string of the molecule is Cc1ccc(C)c(N2CCN(CCCNC(=O)c3cn4c5c(ccc(Cl)c5c3=O)O[C@@H](C)C4)CC2)c1. The Morgan fingerprint density at radius 3 is 2.69 bits per heavy atom. The third-order valence-corrected chi connectivity index (χ3v) is 7.49. The van der Waals surface area contributed by atoms with Gasteiger partial charge >= 0.3 is 0 Å². The van der Waals surface area contributed by atoms with Gasteiger partial charge in [0.05, 0.1) is 22.5 Å². The number of pyridine rings is 1. The first-order valence-electron chi connectivity index (χ1n) is 12.7. The fourth-order valence-corrected chi connectivity index (χ4v) is 5.50. The minimum Gasteiger partial charge on any atom is -0.487 e. The van der Waals surface area contributed by atoms with Crippen LogP contribution in [0.3, 0.4) is 0 Å². The number of carbonyl (C=O) groups is 1. The zero-order valence-corrected chi connectivity index (χ0v) is 21.9. The van der Waals surface area contributed by atoms with E-state index in [0.717, 1.165) is 39.1 Å². The number of nitrogens with zero attached hydrogens (tertiary/aromatic N) is 3. The van der Waals surface area contributed by atoms with Crippen molar-refractivity contribution in [1.29, 1.82) is 0 Å². The maximum Gasteiger partial charge on any atom is 0.256 e. The Labute approximate surface area is 216 Å². The molecule has 1 N–H and O–H groups in total. The molecule has 0 radical (unpaired) electrons. The molecule has 1 fully saturated rings. The van der Waals surface area contributed by atoms with Crippen molar-refractivity contribution in [2.45, 2.75) is 39.8 Å². The smallest absolute Gasteiger partial charge is 0.256 e. The maximum atomic E-state index is 13.2. The molecule has 0 spiro atoms. The number of hydrogen-bond acceptors (Lipinski definition) is 5. The second-order valence-corrected chi connectivity index (χ2v) is 10.4. The molecule has 2 aliphatic rings. The molecule has 1 saturated heterocycles. The molecule has 1 amide bonds. The molecule has 3 aromatic rings. The third-order valence-electron chi connectivity index (χ3n) is 7.17. The van der Waals surface area contributed by atoms with Crippen molar-refractivity contribution in [1.82, 2.24) is 14.8 Å². The predicted molar refractivity (Wildman–Crippen MR) is 145 cm³/mol.